The van der Waals surface area contributed by atoms with Gasteiger partial charge in [0.15, 0.2) is 0 Å². The van der Waals surface area contributed by atoms with Crippen molar-refractivity contribution >= 4 is 0 Å². The van der Waals surface area contributed by atoms with E-state index in [1.165, 1.54) is 12.8 Å². The van der Waals surface area contributed by atoms with Gasteiger partial charge in [0.2, 0.25) is 0 Å². The summed E-state index contributed by atoms with van der Waals surface area (Å²) in [5, 5.41) is 0. The van der Waals surface area contributed by atoms with Crippen LogP contribution in [0.15, 0.2) is 0 Å². The van der Waals surface area contributed by atoms with Crippen LogP contribution in [0.3, 0.4) is 0 Å². The van der Waals surface area contributed by atoms with Crippen LogP contribution in [-0.2, 0) is 4.84 Å². The molecule has 2 nitrogen and oxygen atoms in total. The van der Waals surface area contributed by atoms with Crippen LogP contribution >= 0.6 is 0 Å². The van der Waals surface area contributed by atoms with Gasteiger partial charge in [-0.25, -0.2) is 5.90 Å². The van der Waals surface area contributed by atoms with Crippen molar-refractivity contribution in [2.75, 3.05) is 0 Å². The number of hydrogen-bond acceptors (Lipinski definition) is 2. The molecule has 1 saturated carbocycles. The molecule has 2 N–H and O–H groups in total. The first-order chi connectivity index (χ1) is 5.89. The zero-order valence-electron chi connectivity index (χ0n) is 9.39. The van der Waals surface area contributed by atoms with Crippen molar-refractivity contribution in [3.8, 4) is 0 Å². The van der Waals surface area contributed by atoms with E-state index < -0.39 is 0 Å². The van der Waals surface area contributed by atoms with Crippen LogP contribution in [0, 0.1) is 10.8 Å². The summed E-state index contributed by atoms with van der Waals surface area (Å²) < 4.78 is 0. The Balaban J connectivity index is 2.57. The molecule has 0 bridgehead atoms. The molecule has 2 heteroatoms. The highest BCUT2D eigenvalue weighted by molar-refractivity contribution is 4.90. The molecule has 78 valence electrons. The van der Waals surface area contributed by atoms with Gasteiger partial charge in [-0.1, -0.05) is 27.7 Å². The molecule has 0 spiro atoms. The van der Waals surface area contributed by atoms with Crippen LogP contribution in [0.25, 0.3) is 0 Å². The van der Waals surface area contributed by atoms with E-state index in [-0.39, 0.29) is 0 Å². The van der Waals surface area contributed by atoms with Crippen LogP contribution in [0.4, 0.5) is 0 Å². The van der Waals surface area contributed by atoms with Crippen LogP contribution in [0.2, 0.25) is 0 Å². The topological polar surface area (TPSA) is 35.2 Å². The fourth-order valence-electron chi connectivity index (χ4n) is 2.11. The Hall–Kier alpha value is -0.0800. The summed E-state index contributed by atoms with van der Waals surface area (Å²) in [6, 6.07) is 0. The third-order valence-corrected chi connectivity index (χ3v) is 4.04. The van der Waals surface area contributed by atoms with Gasteiger partial charge in [0, 0.05) is 0 Å². The second-order valence-electron chi connectivity index (χ2n) is 5.65. The molecule has 13 heavy (non-hydrogen) atoms. The average molecular weight is 185 g/mol. The molecule has 0 aliphatic heterocycles. The maximum atomic E-state index is 5.20. The highest BCUT2D eigenvalue weighted by Crippen LogP contribution is 2.49. The maximum Gasteiger partial charge on any atom is 0.0787 e. The van der Waals surface area contributed by atoms with Crippen molar-refractivity contribution in [1.82, 2.24) is 0 Å². The zero-order valence-corrected chi connectivity index (χ0v) is 9.39. The molecule has 1 aliphatic carbocycles. The smallest absolute Gasteiger partial charge is 0.0787 e. The van der Waals surface area contributed by atoms with E-state index in [1.54, 1.807) is 0 Å². The third-order valence-electron chi connectivity index (χ3n) is 4.04. The van der Waals surface area contributed by atoms with Gasteiger partial charge in [-0.3, -0.25) is 0 Å². The minimum absolute atomic E-state index is 0.301. The lowest BCUT2D eigenvalue weighted by atomic mass is 9.60. The molecule has 0 amide bonds. The molecular formula is C11H23NO. The highest BCUT2D eigenvalue weighted by Gasteiger charge is 2.40. The summed E-state index contributed by atoms with van der Waals surface area (Å²) in [6.45, 7) is 9.38. The summed E-state index contributed by atoms with van der Waals surface area (Å²) in [5.74, 6) is 5.20. The zero-order chi connectivity index (χ0) is 10.1. The van der Waals surface area contributed by atoms with Crippen molar-refractivity contribution in [2.24, 2.45) is 16.7 Å². The first kappa shape index (κ1) is 11.0. The van der Waals surface area contributed by atoms with E-state index in [0.717, 1.165) is 12.8 Å². The van der Waals surface area contributed by atoms with Gasteiger partial charge in [-0.2, -0.15) is 0 Å². The molecule has 0 heterocycles. The summed E-state index contributed by atoms with van der Waals surface area (Å²) in [6.07, 6.45) is 5.00. The summed E-state index contributed by atoms with van der Waals surface area (Å²) in [5.41, 5.74) is 0.856. The summed E-state index contributed by atoms with van der Waals surface area (Å²) >= 11 is 0. The van der Waals surface area contributed by atoms with Crippen molar-refractivity contribution < 1.29 is 4.84 Å². The maximum absolute atomic E-state index is 5.20. The van der Waals surface area contributed by atoms with Gasteiger partial charge in [-0.15, -0.1) is 0 Å². The highest BCUT2D eigenvalue weighted by atomic mass is 16.6. The van der Waals surface area contributed by atoms with Crippen LogP contribution in [0.1, 0.15) is 53.4 Å². The summed E-state index contributed by atoms with van der Waals surface area (Å²) in [4.78, 5) is 4.90. The van der Waals surface area contributed by atoms with Gasteiger partial charge >= 0.3 is 0 Å². The van der Waals surface area contributed by atoms with Crippen molar-refractivity contribution in [3.05, 3.63) is 0 Å². The molecule has 1 rings (SSSR count). The number of hydrogen-bond donors (Lipinski definition) is 1. The predicted molar refractivity (Wildman–Crippen MR) is 55.1 cm³/mol. The first-order valence-corrected chi connectivity index (χ1v) is 5.25. The van der Waals surface area contributed by atoms with Gasteiger partial charge in [-0.05, 0) is 36.5 Å². The Labute approximate surface area is 81.8 Å². The fourth-order valence-corrected chi connectivity index (χ4v) is 2.11. The number of rotatable bonds is 1. The first-order valence-electron chi connectivity index (χ1n) is 5.25. The van der Waals surface area contributed by atoms with E-state index in [2.05, 4.69) is 27.7 Å². The van der Waals surface area contributed by atoms with Crippen molar-refractivity contribution in [3.63, 3.8) is 0 Å². The normalized spacial score (nSPS) is 36.2. The molecule has 0 radical (unpaired) electrons. The van der Waals surface area contributed by atoms with Crippen molar-refractivity contribution in [2.45, 2.75) is 59.5 Å². The summed E-state index contributed by atoms with van der Waals surface area (Å²) in [7, 11) is 0. The molecule has 0 unspecified atom stereocenters. The van der Waals surface area contributed by atoms with E-state index in [4.69, 9.17) is 10.7 Å². The molecule has 0 atom stereocenters. The van der Waals surface area contributed by atoms with Crippen LogP contribution in [0.5, 0.6) is 0 Å². The fraction of sp³-hybridized carbons (Fsp3) is 1.00. The second kappa shape index (κ2) is 3.58. The molecular weight excluding hydrogens is 162 g/mol. The van der Waals surface area contributed by atoms with Crippen LogP contribution in [-0.4, -0.2) is 6.10 Å². The average Bonchev–Trinajstić information content (AvgIpc) is 2.04. The van der Waals surface area contributed by atoms with E-state index in [9.17, 15) is 0 Å². The molecule has 0 aromatic heterocycles. The van der Waals surface area contributed by atoms with E-state index >= 15 is 0 Å². The third kappa shape index (κ3) is 2.23. The lowest BCUT2D eigenvalue weighted by Crippen LogP contribution is -2.39. The largest absolute Gasteiger partial charge is 0.301 e. The predicted octanol–water partition coefficient (Wildman–Crippen LogP) is 2.87. The van der Waals surface area contributed by atoms with Gasteiger partial charge in [0.25, 0.3) is 0 Å². The molecule has 0 aromatic rings. The standard InChI is InChI=1S/C11H23NO/c1-10(2,3)11(4)7-5-9(13-12)6-8-11/h9H,5-8,12H2,1-4H3. The molecule has 1 aliphatic rings. The molecule has 0 saturated heterocycles. The van der Waals surface area contributed by atoms with Gasteiger partial charge < -0.3 is 4.84 Å². The lowest BCUT2D eigenvalue weighted by Gasteiger charge is -2.46. The Morgan fingerprint density at radius 3 is 2.00 bits per heavy atom. The Kier molecular flexibility index (Phi) is 3.03. The van der Waals surface area contributed by atoms with Crippen molar-refractivity contribution in [1.29, 1.82) is 0 Å². The number of nitrogens with two attached hydrogens (primary N) is 1. The SMILES string of the molecule is CC(C)(C)C1(C)CCC(ON)CC1. The van der Waals surface area contributed by atoms with Gasteiger partial charge in [0.1, 0.15) is 0 Å². The van der Waals surface area contributed by atoms with Crippen LogP contribution < -0.4 is 5.90 Å². The Bertz CT molecular complexity index is 163. The Morgan fingerprint density at radius 1 is 1.23 bits per heavy atom. The van der Waals surface area contributed by atoms with E-state index in [1.807, 2.05) is 0 Å². The lowest BCUT2D eigenvalue weighted by molar-refractivity contribution is -0.0337. The molecule has 0 aromatic carbocycles. The molecule has 1 fully saturated rings. The Morgan fingerprint density at radius 2 is 1.69 bits per heavy atom. The minimum Gasteiger partial charge on any atom is -0.301 e. The van der Waals surface area contributed by atoms with Gasteiger partial charge in [0.05, 0.1) is 6.10 Å². The van der Waals surface area contributed by atoms with E-state index in [0.29, 0.717) is 16.9 Å². The monoisotopic (exact) mass is 185 g/mol. The minimum atomic E-state index is 0.301. The second-order valence-corrected chi connectivity index (χ2v) is 5.65. The quantitative estimate of drug-likeness (QED) is 0.637.